The zero-order chi connectivity index (χ0) is 24.1. The zero-order valence-electron chi connectivity index (χ0n) is 20.0. The molecule has 0 fully saturated rings. The molecule has 0 bridgehead atoms. The minimum atomic E-state index is -0.391. The van der Waals surface area contributed by atoms with Gasteiger partial charge in [-0.15, -0.1) is 11.8 Å². The molecule has 0 spiro atoms. The van der Waals surface area contributed by atoms with Crippen molar-refractivity contribution in [1.82, 2.24) is 20.4 Å². The Kier molecular flexibility index (Phi) is 7.70. The van der Waals surface area contributed by atoms with E-state index in [1.165, 1.54) is 0 Å². The van der Waals surface area contributed by atoms with Crippen LogP contribution in [0, 0.1) is 6.92 Å². The molecular formula is C26H30N4O3S. The lowest BCUT2D eigenvalue weighted by Crippen LogP contribution is -2.46. The van der Waals surface area contributed by atoms with Crippen LogP contribution in [0.4, 0.5) is 4.79 Å². The third kappa shape index (κ3) is 5.18. The van der Waals surface area contributed by atoms with Gasteiger partial charge in [0.15, 0.2) is 0 Å². The highest BCUT2D eigenvalue weighted by Crippen LogP contribution is 2.37. The van der Waals surface area contributed by atoms with E-state index in [1.807, 2.05) is 63.4 Å². The van der Waals surface area contributed by atoms with Gasteiger partial charge < -0.3 is 14.6 Å². The fourth-order valence-electron chi connectivity index (χ4n) is 4.08. The van der Waals surface area contributed by atoms with Gasteiger partial charge in [0.05, 0.1) is 11.6 Å². The zero-order valence-corrected chi connectivity index (χ0v) is 20.8. The summed E-state index contributed by atoms with van der Waals surface area (Å²) in [6.45, 7) is 7.73. The van der Waals surface area contributed by atoms with Crippen LogP contribution in [0.5, 0.6) is 0 Å². The van der Waals surface area contributed by atoms with Gasteiger partial charge in [-0.3, -0.25) is 4.90 Å². The molecule has 2 aromatic carbocycles. The van der Waals surface area contributed by atoms with Crippen LogP contribution in [0.2, 0.25) is 0 Å². The number of allylic oxidation sites excluding steroid dienone is 1. The van der Waals surface area contributed by atoms with E-state index in [0.29, 0.717) is 31.5 Å². The molecule has 1 N–H and O–H groups in total. The van der Waals surface area contributed by atoms with Gasteiger partial charge in [-0.05, 0) is 57.2 Å². The lowest BCUT2D eigenvalue weighted by molar-refractivity contribution is 0.136. The van der Waals surface area contributed by atoms with E-state index >= 15 is 0 Å². The smallest absolute Gasteiger partial charge is 0.322 e. The third-order valence-corrected chi connectivity index (χ3v) is 6.60. The number of nitrogens with zero attached hydrogens (tertiary/aromatic N) is 3. The number of carbonyl (C=O) groups is 1. The van der Waals surface area contributed by atoms with Crippen molar-refractivity contribution in [3.63, 3.8) is 0 Å². The normalized spacial score (nSPS) is 16.2. The molecule has 1 atom stereocenters. The summed E-state index contributed by atoms with van der Waals surface area (Å²) < 4.78 is 11.2. The SMILES string of the molecule is CCOCCCN1C(=O)NC(c2ccc(SC)cc2)C(c2nc(-c3cccc(C)c3)no2)=C1C. The second-order valence-electron chi connectivity index (χ2n) is 8.15. The van der Waals surface area contributed by atoms with Gasteiger partial charge >= 0.3 is 6.03 Å². The van der Waals surface area contributed by atoms with Crippen LogP contribution >= 0.6 is 11.8 Å². The molecule has 34 heavy (non-hydrogen) atoms. The first-order chi connectivity index (χ1) is 16.5. The first kappa shape index (κ1) is 24.0. The third-order valence-electron chi connectivity index (χ3n) is 5.85. The largest absolute Gasteiger partial charge is 0.382 e. The molecule has 1 aliphatic heterocycles. The number of nitrogens with one attached hydrogen (secondary N) is 1. The van der Waals surface area contributed by atoms with Crippen LogP contribution in [-0.2, 0) is 4.74 Å². The molecule has 1 aromatic heterocycles. The van der Waals surface area contributed by atoms with Crippen molar-refractivity contribution in [2.45, 2.75) is 38.1 Å². The van der Waals surface area contributed by atoms with Crippen molar-refractivity contribution >= 4 is 23.4 Å². The van der Waals surface area contributed by atoms with E-state index in [2.05, 4.69) is 22.6 Å². The fraction of sp³-hybridized carbons (Fsp3) is 0.346. The Morgan fingerprint density at radius 1 is 1.18 bits per heavy atom. The molecular weight excluding hydrogens is 448 g/mol. The summed E-state index contributed by atoms with van der Waals surface area (Å²) >= 11 is 1.68. The first-order valence-corrected chi connectivity index (χ1v) is 12.7. The van der Waals surface area contributed by atoms with E-state index in [-0.39, 0.29) is 6.03 Å². The van der Waals surface area contributed by atoms with Crippen LogP contribution in [0.15, 0.2) is 63.6 Å². The summed E-state index contributed by atoms with van der Waals surface area (Å²) in [5.41, 5.74) is 4.58. The number of ether oxygens (including phenoxy) is 1. The number of hydrogen-bond donors (Lipinski definition) is 1. The van der Waals surface area contributed by atoms with Crippen molar-refractivity contribution in [2.75, 3.05) is 26.0 Å². The molecule has 0 saturated heterocycles. The number of benzene rings is 2. The van der Waals surface area contributed by atoms with E-state index in [0.717, 1.165) is 39.3 Å². The predicted molar refractivity (Wildman–Crippen MR) is 134 cm³/mol. The predicted octanol–water partition coefficient (Wildman–Crippen LogP) is 5.69. The number of amides is 2. The molecule has 3 aromatic rings. The molecule has 1 aliphatic rings. The lowest BCUT2D eigenvalue weighted by Gasteiger charge is -2.35. The number of aryl methyl sites for hydroxylation is 1. The molecule has 4 rings (SSSR count). The molecule has 8 heteroatoms. The van der Waals surface area contributed by atoms with Gasteiger partial charge in [-0.2, -0.15) is 4.98 Å². The number of carbonyl (C=O) groups excluding carboxylic acids is 1. The first-order valence-electron chi connectivity index (χ1n) is 11.4. The minimum Gasteiger partial charge on any atom is -0.382 e. The topological polar surface area (TPSA) is 80.5 Å². The molecule has 178 valence electrons. The van der Waals surface area contributed by atoms with Crippen molar-refractivity contribution < 1.29 is 14.1 Å². The van der Waals surface area contributed by atoms with Crippen molar-refractivity contribution in [2.24, 2.45) is 0 Å². The maximum Gasteiger partial charge on any atom is 0.322 e. The van der Waals surface area contributed by atoms with Crippen LogP contribution in [-0.4, -0.2) is 47.1 Å². The van der Waals surface area contributed by atoms with E-state index in [4.69, 9.17) is 14.2 Å². The molecule has 1 unspecified atom stereocenters. The van der Waals surface area contributed by atoms with Gasteiger partial charge in [0.25, 0.3) is 5.89 Å². The van der Waals surface area contributed by atoms with Crippen LogP contribution in [0.25, 0.3) is 17.0 Å². The van der Waals surface area contributed by atoms with E-state index in [1.54, 1.807) is 16.7 Å². The summed E-state index contributed by atoms with van der Waals surface area (Å²) in [5.74, 6) is 0.929. The molecule has 2 amide bonds. The average molecular weight is 479 g/mol. The van der Waals surface area contributed by atoms with Crippen LogP contribution in [0.3, 0.4) is 0 Å². The van der Waals surface area contributed by atoms with Gasteiger partial charge in [-0.1, -0.05) is 41.1 Å². The molecule has 0 saturated carbocycles. The average Bonchev–Trinajstić information content (AvgIpc) is 3.33. The Labute approximate surface area is 204 Å². The lowest BCUT2D eigenvalue weighted by atomic mass is 9.94. The quantitative estimate of drug-likeness (QED) is 0.314. The van der Waals surface area contributed by atoms with Gasteiger partial charge in [0.2, 0.25) is 5.82 Å². The van der Waals surface area contributed by atoms with Gasteiger partial charge in [-0.25, -0.2) is 4.79 Å². The highest BCUT2D eigenvalue weighted by atomic mass is 32.2. The van der Waals surface area contributed by atoms with Crippen LogP contribution < -0.4 is 5.32 Å². The Balaban J connectivity index is 1.73. The number of urea groups is 1. The molecule has 0 radical (unpaired) electrons. The Bertz CT molecular complexity index is 1170. The summed E-state index contributed by atoms with van der Waals surface area (Å²) in [6.07, 6.45) is 2.77. The van der Waals surface area contributed by atoms with E-state index in [9.17, 15) is 4.79 Å². The van der Waals surface area contributed by atoms with Crippen molar-refractivity contribution in [1.29, 1.82) is 0 Å². The van der Waals surface area contributed by atoms with Crippen LogP contribution in [0.1, 0.15) is 43.3 Å². The number of aromatic nitrogens is 2. The van der Waals surface area contributed by atoms with E-state index < -0.39 is 6.04 Å². The second kappa shape index (κ2) is 10.9. The Hall–Kier alpha value is -3.10. The molecule has 2 heterocycles. The molecule has 7 nitrogen and oxygen atoms in total. The number of hydrogen-bond acceptors (Lipinski definition) is 6. The van der Waals surface area contributed by atoms with Gasteiger partial charge in [0.1, 0.15) is 0 Å². The van der Waals surface area contributed by atoms with Gasteiger partial charge in [0, 0.05) is 35.9 Å². The van der Waals surface area contributed by atoms with Crippen molar-refractivity contribution in [3.05, 3.63) is 71.2 Å². The summed E-state index contributed by atoms with van der Waals surface area (Å²) in [4.78, 5) is 20.7. The Morgan fingerprint density at radius 3 is 2.68 bits per heavy atom. The fourth-order valence-corrected chi connectivity index (χ4v) is 4.49. The summed E-state index contributed by atoms with van der Waals surface area (Å²) in [6, 6.07) is 15.6. The maximum absolute atomic E-state index is 13.1. The summed E-state index contributed by atoms with van der Waals surface area (Å²) in [7, 11) is 0. The monoisotopic (exact) mass is 478 g/mol. The highest BCUT2D eigenvalue weighted by molar-refractivity contribution is 7.98. The number of thioether (sulfide) groups is 1. The number of rotatable bonds is 9. The van der Waals surface area contributed by atoms with Crippen molar-refractivity contribution in [3.8, 4) is 11.4 Å². The maximum atomic E-state index is 13.1. The highest BCUT2D eigenvalue weighted by Gasteiger charge is 2.35. The molecule has 0 aliphatic carbocycles. The standard InChI is InChI=1S/C26H30N4O3S/c1-5-32-15-7-14-30-18(3)22(23(27-26(30)31)19-10-12-21(34-4)13-11-19)25-28-24(29-33-25)20-9-6-8-17(2)16-20/h6,8-13,16,23H,5,7,14-15H2,1-4H3,(H,27,31). The minimum absolute atomic E-state index is 0.143. The Morgan fingerprint density at radius 2 is 1.97 bits per heavy atom. The summed E-state index contributed by atoms with van der Waals surface area (Å²) in [5, 5.41) is 7.40. The second-order valence-corrected chi connectivity index (χ2v) is 9.03.